The summed E-state index contributed by atoms with van der Waals surface area (Å²) in [6.07, 6.45) is 3.32. The standard InChI is InChI=1S/C22H30NO/c1-23(2,3)16-15-22(17-24-4)20-11-7-5-9-18(20)13-14-19-10-6-8-12-21(19)22/h5-12H,13-17H2,1-4H3/q+1. The zero-order chi connectivity index (χ0) is 17.2. The Labute approximate surface area is 146 Å². The molecule has 128 valence electrons. The van der Waals surface area contributed by atoms with Gasteiger partial charge in [-0.1, -0.05) is 48.5 Å². The molecule has 3 rings (SSSR count). The van der Waals surface area contributed by atoms with Crippen molar-refractivity contribution in [3.05, 3.63) is 70.8 Å². The van der Waals surface area contributed by atoms with E-state index in [9.17, 15) is 0 Å². The smallest absolute Gasteiger partial charge is 0.0793 e. The molecule has 0 radical (unpaired) electrons. The van der Waals surface area contributed by atoms with Gasteiger partial charge in [0, 0.05) is 18.9 Å². The zero-order valence-corrected chi connectivity index (χ0v) is 15.5. The molecule has 0 aliphatic heterocycles. The third-order valence-electron chi connectivity index (χ3n) is 5.33. The first kappa shape index (κ1) is 17.2. The van der Waals surface area contributed by atoms with E-state index in [1.165, 1.54) is 22.3 Å². The third-order valence-corrected chi connectivity index (χ3v) is 5.33. The van der Waals surface area contributed by atoms with Crippen LogP contribution in [-0.4, -0.2) is 45.9 Å². The SMILES string of the molecule is COCC1(CC[N+](C)(C)C)c2ccccc2CCc2ccccc21. The molecule has 0 unspecified atom stereocenters. The Bertz CT molecular complexity index is 652. The van der Waals surface area contributed by atoms with E-state index in [0.717, 1.165) is 36.9 Å². The molecule has 0 heterocycles. The molecule has 0 aromatic heterocycles. The molecule has 0 fully saturated rings. The first-order valence-corrected chi connectivity index (χ1v) is 8.92. The Hall–Kier alpha value is -1.64. The number of ether oxygens (including phenoxy) is 1. The summed E-state index contributed by atoms with van der Waals surface area (Å²) >= 11 is 0. The van der Waals surface area contributed by atoms with Gasteiger partial charge in [-0.3, -0.25) is 0 Å². The molecule has 0 saturated carbocycles. The molecule has 2 heteroatoms. The number of aryl methyl sites for hydroxylation is 2. The van der Waals surface area contributed by atoms with Gasteiger partial charge in [-0.15, -0.1) is 0 Å². The highest BCUT2D eigenvalue weighted by molar-refractivity contribution is 5.50. The Kier molecular flexibility index (Phi) is 4.80. The van der Waals surface area contributed by atoms with Crippen LogP contribution < -0.4 is 0 Å². The Morgan fingerprint density at radius 3 is 1.83 bits per heavy atom. The molecule has 1 aliphatic carbocycles. The first-order valence-electron chi connectivity index (χ1n) is 8.92. The highest BCUT2D eigenvalue weighted by Crippen LogP contribution is 2.42. The van der Waals surface area contributed by atoms with Gasteiger partial charge in [0.15, 0.2) is 0 Å². The maximum absolute atomic E-state index is 5.81. The minimum absolute atomic E-state index is 0.0516. The fourth-order valence-electron chi connectivity index (χ4n) is 4.09. The van der Waals surface area contributed by atoms with Gasteiger partial charge in [0.1, 0.15) is 0 Å². The second-order valence-corrected chi connectivity index (χ2v) is 8.09. The van der Waals surface area contributed by atoms with Crippen LogP contribution in [0.3, 0.4) is 0 Å². The van der Waals surface area contributed by atoms with Crippen LogP contribution >= 0.6 is 0 Å². The predicted molar refractivity (Wildman–Crippen MR) is 100 cm³/mol. The topological polar surface area (TPSA) is 9.23 Å². The molecular formula is C22H30NO+. The van der Waals surface area contributed by atoms with Gasteiger partial charge in [-0.25, -0.2) is 0 Å². The summed E-state index contributed by atoms with van der Waals surface area (Å²) in [4.78, 5) is 0. The van der Waals surface area contributed by atoms with E-state index in [-0.39, 0.29) is 5.41 Å². The number of benzene rings is 2. The molecule has 0 amide bonds. The van der Waals surface area contributed by atoms with E-state index in [1.807, 2.05) is 7.11 Å². The predicted octanol–water partition coefficient (Wildman–Crippen LogP) is 3.81. The summed E-state index contributed by atoms with van der Waals surface area (Å²) < 4.78 is 6.78. The van der Waals surface area contributed by atoms with Crippen LogP contribution in [0.4, 0.5) is 0 Å². The zero-order valence-electron chi connectivity index (χ0n) is 15.5. The van der Waals surface area contributed by atoms with Gasteiger partial charge in [0.2, 0.25) is 0 Å². The normalized spacial score (nSPS) is 16.2. The first-order chi connectivity index (χ1) is 11.5. The highest BCUT2D eigenvalue weighted by atomic mass is 16.5. The molecule has 2 nitrogen and oxygen atoms in total. The van der Waals surface area contributed by atoms with Crippen LogP contribution in [0.25, 0.3) is 0 Å². The fourth-order valence-corrected chi connectivity index (χ4v) is 4.09. The molecule has 0 spiro atoms. The van der Waals surface area contributed by atoms with Crippen molar-refractivity contribution in [2.45, 2.75) is 24.7 Å². The van der Waals surface area contributed by atoms with E-state index >= 15 is 0 Å². The summed E-state index contributed by atoms with van der Waals surface area (Å²) in [5.41, 5.74) is 5.83. The lowest BCUT2D eigenvalue weighted by molar-refractivity contribution is -0.871. The largest absolute Gasteiger partial charge is 0.383 e. The summed E-state index contributed by atoms with van der Waals surface area (Å²) in [6, 6.07) is 18.0. The molecule has 0 atom stereocenters. The molecule has 0 N–H and O–H groups in total. The lowest BCUT2D eigenvalue weighted by Gasteiger charge is -2.38. The maximum Gasteiger partial charge on any atom is 0.0793 e. The molecule has 1 aliphatic rings. The Balaban J connectivity index is 2.20. The number of fused-ring (bicyclic) bond motifs is 2. The fraction of sp³-hybridized carbons (Fsp3) is 0.455. The van der Waals surface area contributed by atoms with Gasteiger partial charge in [-0.05, 0) is 35.1 Å². The molecule has 0 bridgehead atoms. The van der Waals surface area contributed by atoms with Crippen LogP contribution in [0.1, 0.15) is 28.7 Å². The maximum atomic E-state index is 5.81. The molecule has 2 aromatic rings. The second kappa shape index (κ2) is 6.70. The van der Waals surface area contributed by atoms with Crippen molar-refractivity contribution in [3.8, 4) is 0 Å². The second-order valence-electron chi connectivity index (χ2n) is 8.09. The number of quaternary nitrogens is 1. The lowest BCUT2D eigenvalue weighted by atomic mass is 9.70. The monoisotopic (exact) mass is 324 g/mol. The van der Waals surface area contributed by atoms with Crippen molar-refractivity contribution in [3.63, 3.8) is 0 Å². The van der Waals surface area contributed by atoms with Gasteiger partial charge < -0.3 is 9.22 Å². The molecular weight excluding hydrogens is 294 g/mol. The van der Waals surface area contributed by atoms with Crippen molar-refractivity contribution < 1.29 is 9.22 Å². The van der Waals surface area contributed by atoms with Gasteiger partial charge in [0.05, 0.1) is 34.3 Å². The van der Waals surface area contributed by atoms with Gasteiger partial charge in [-0.2, -0.15) is 0 Å². The van der Waals surface area contributed by atoms with E-state index in [1.54, 1.807) is 0 Å². The van der Waals surface area contributed by atoms with Crippen molar-refractivity contribution in [2.75, 3.05) is 41.4 Å². The van der Waals surface area contributed by atoms with E-state index < -0.39 is 0 Å². The van der Waals surface area contributed by atoms with Gasteiger partial charge in [0.25, 0.3) is 0 Å². The molecule has 24 heavy (non-hydrogen) atoms. The quantitative estimate of drug-likeness (QED) is 0.760. The Morgan fingerprint density at radius 1 is 0.875 bits per heavy atom. The Morgan fingerprint density at radius 2 is 1.38 bits per heavy atom. The van der Waals surface area contributed by atoms with Crippen molar-refractivity contribution in [1.29, 1.82) is 0 Å². The number of hydrogen-bond acceptors (Lipinski definition) is 1. The summed E-state index contributed by atoms with van der Waals surface area (Å²) in [5, 5.41) is 0. The van der Waals surface area contributed by atoms with E-state index in [2.05, 4.69) is 69.7 Å². The number of nitrogens with zero attached hydrogens (tertiary/aromatic N) is 1. The summed E-state index contributed by atoms with van der Waals surface area (Å²) in [6.45, 7) is 1.85. The summed E-state index contributed by atoms with van der Waals surface area (Å²) in [5.74, 6) is 0. The van der Waals surface area contributed by atoms with Crippen LogP contribution in [0.2, 0.25) is 0 Å². The third kappa shape index (κ3) is 3.26. The highest BCUT2D eigenvalue weighted by Gasteiger charge is 2.40. The van der Waals surface area contributed by atoms with Crippen LogP contribution in [0.15, 0.2) is 48.5 Å². The average Bonchev–Trinajstić information content (AvgIpc) is 2.69. The van der Waals surface area contributed by atoms with Crippen molar-refractivity contribution in [2.24, 2.45) is 0 Å². The van der Waals surface area contributed by atoms with E-state index in [4.69, 9.17) is 4.74 Å². The average molecular weight is 324 g/mol. The minimum Gasteiger partial charge on any atom is -0.383 e. The number of methoxy groups -OCH3 is 1. The van der Waals surface area contributed by atoms with Crippen molar-refractivity contribution in [1.82, 2.24) is 0 Å². The lowest BCUT2D eigenvalue weighted by Crippen LogP contribution is -2.43. The van der Waals surface area contributed by atoms with Gasteiger partial charge >= 0.3 is 0 Å². The number of hydrogen-bond donors (Lipinski definition) is 0. The van der Waals surface area contributed by atoms with Crippen molar-refractivity contribution >= 4 is 0 Å². The van der Waals surface area contributed by atoms with Crippen LogP contribution in [0, 0.1) is 0 Å². The van der Waals surface area contributed by atoms with Crippen LogP contribution in [-0.2, 0) is 23.0 Å². The minimum atomic E-state index is -0.0516. The van der Waals surface area contributed by atoms with E-state index in [0.29, 0.717) is 0 Å². The van der Waals surface area contributed by atoms with Crippen LogP contribution in [0.5, 0.6) is 0 Å². The number of rotatable bonds is 5. The molecule has 2 aromatic carbocycles. The summed E-state index contributed by atoms with van der Waals surface area (Å²) in [7, 11) is 8.66. The molecule has 0 saturated heterocycles.